The number of hydrogen-bond acceptors (Lipinski definition) is 8. The van der Waals surface area contributed by atoms with Crippen LogP contribution in [0.4, 0.5) is 25.1 Å². The monoisotopic (exact) mass is 534 g/mol. The number of halogens is 3. The van der Waals surface area contributed by atoms with Crippen LogP contribution in [-0.2, 0) is 9.53 Å². The number of carboxylic acid groups (broad SMARTS) is 1. The Labute approximate surface area is 214 Å². The minimum absolute atomic E-state index is 0.0583. The average molecular weight is 535 g/mol. The highest BCUT2D eigenvalue weighted by Gasteiger charge is 2.35. The van der Waals surface area contributed by atoms with Crippen molar-refractivity contribution in [3.8, 4) is 11.5 Å². The van der Waals surface area contributed by atoms with Crippen molar-refractivity contribution in [1.82, 2.24) is 14.9 Å². The average Bonchev–Trinajstić information content (AvgIpc) is 2.88. The number of carbonyl (C=O) groups excluding carboxylic acids is 1. The van der Waals surface area contributed by atoms with Crippen LogP contribution >= 0.6 is 11.6 Å². The zero-order valence-corrected chi connectivity index (χ0v) is 20.2. The van der Waals surface area contributed by atoms with Crippen molar-refractivity contribution in [1.29, 1.82) is 0 Å². The molecule has 2 atom stereocenters. The third-order valence-corrected chi connectivity index (χ3v) is 6.05. The van der Waals surface area contributed by atoms with Gasteiger partial charge in [-0.2, -0.15) is 0 Å². The van der Waals surface area contributed by atoms with Gasteiger partial charge >= 0.3 is 6.16 Å². The molecule has 3 aromatic rings. The molecule has 0 bridgehead atoms. The Morgan fingerprint density at radius 2 is 2.05 bits per heavy atom. The van der Waals surface area contributed by atoms with Gasteiger partial charge in [0.05, 0.1) is 18.3 Å². The number of rotatable bonds is 7. The lowest BCUT2D eigenvalue weighted by molar-refractivity contribution is -0.144. The normalized spacial score (nSPS) is 17.2. The van der Waals surface area contributed by atoms with Crippen LogP contribution in [0.1, 0.15) is 12.8 Å². The van der Waals surface area contributed by atoms with Crippen molar-refractivity contribution in [2.45, 2.75) is 25.2 Å². The highest BCUT2D eigenvalue weighted by atomic mass is 35.5. The number of fused-ring (bicyclic) bond motifs is 1. The molecule has 1 aromatic heterocycles. The number of benzene rings is 2. The minimum Gasteiger partial charge on any atom is -0.493 e. The number of amides is 1. The van der Waals surface area contributed by atoms with Crippen molar-refractivity contribution in [3.05, 3.63) is 59.9 Å². The standard InChI is InChI=1S/C24H21ClF2N4O6/c1-3-19(32)31-7-6-12(8-20(31)37-24(33)34)36-18-9-13-16(10-17(18)35-2)28-11-29-23(13)30-15-5-4-14(26)21(25)22(15)27/h3-5,9-12,20H,1,6-8H2,2H3,(H,33,34)(H,28,29,30)/t12-,20-/m1/s1. The van der Waals surface area contributed by atoms with E-state index in [-0.39, 0.29) is 30.2 Å². The lowest BCUT2D eigenvalue weighted by atomic mass is 10.1. The van der Waals surface area contributed by atoms with Gasteiger partial charge in [-0.05, 0) is 24.3 Å². The van der Waals surface area contributed by atoms with Gasteiger partial charge in [0, 0.05) is 30.8 Å². The maximum absolute atomic E-state index is 14.5. The van der Waals surface area contributed by atoms with E-state index < -0.39 is 41.1 Å². The predicted octanol–water partition coefficient (Wildman–Crippen LogP) is 4.89. The number of likely N-dealkylation sites (tertiary alicyclic amines) is 1. The molecule has 2 heterocycles. The zero-order chi connectivity index (χ0) is 26.7. The number of anilines is 2. The first-order valence-electron chi connectivity index (χ1n) is 10.9. The molecule has 10 nitrogen and oxygen atoms in total. The van der Waals surface area contributed by atoms with E-state index in [1.807, 2.05) is 0 Å². The fourth-order valence-electron chi connectivity index (χ4n) is 3.95. The number of aromatic nitrogens is 2. The Bertz CT molecular complexity index is 1370. The number of ether oxygens (including phenoxy) is 3. The molecule has 1 amide bonds. The van der Waals surface area contributed by atoms with Crippen LogP contribution in [0.3, 0.4) is 0 Å². The second kappa shape index (κ2) is 10.8. The van der Waals surface area contributed by atoms with Gasteiger partial charge in [-0.3, -0.25) is 4.79 Å². The molecule has 194 valence electrons. The molecule has 1 aliphatic heterocycles. The van der Waals surface area contributed by atoms with Crippen molar-refractivity contribution < 1.29 is 37.7 Å². The SMILES string of the molecule is C=CC(=O)N1CC[C@@H](Oc2cc3c(Nc4ccc(F)c(Cl)c4F)ncnc3cc2OC)C[C@H]1OC(=O)O. The Morgan fingerprint density at radius 3 is 2.76 bits per heavy atom. The van der Waals surface area contributed by atoms with Crippen molar-refractivity contribution >= 4 is 46.1 Å². The Morgan fingerprint density at radius 1 is 1.27 bits per heavy atom. The predicted molar refractivity (Wildman–Crippen MR) is 129 cm³/mol. The first-order chi connectivity index (χ1) is 17.7. The van der Waals surface area contributed by atoms with Crippen LogP contribution in [0.5, 0.6) is 11.5 Å². The highest BCUT2D eigenvalue weighted by Crippen LogP contribution is 2.37. The summed E-state index contributed by atoms with van der Waals surface area (Å²) in [5.74, 6) is -1.56. The first kappa shape index (κ1) is 25.9. The summed E-state index contributed by atoms with van der Waals surface area (Å²) >= 11 is 5.69. The van der Waals surface area contributed by atoms with E-state index in [0.717, 1.165) is 12.1 Å². The highest BCUT2D eigenvalue weighted by molar-refractivity contribution is 6.31. The summed E-state index contributed by atoms with van der Waals surface area (Å²) in [7, 11) is 1.44. The number of nitrogens with zero attached hydrogens (tertiary/aromatic N) is 3. The summed E-state index contributed by atoms with van der Waals surface area (Å²) in [6, 6.07) is 5.38. The smallest absolute Gasteiger partial charge is 0.493 e. The first-order valence-corrected chi connectivity index (χ1v) is 11.3. The molecule has 0 radical (unpaired) electrons. The molecule has 0 unspecified atom stereocenters. The second-order valence-corrected chi connectivity index (χ2v) is 8.31. The lowest BCUT2D eigenvalue weighted by Gasteiger charge is -2.37. The number of nitrogens with one attached hydrogen (secondary N) is 1. The van der Waals surface area contributed by atoms with Gasteiger partial charge in [0.1, 0.15) is 29.1 Å². The zero-order valence-electron chi connectivity index (χ0n) is 19.4. The van der Waals surface area contributed by atoms with Crippen molar-refractivity contribution in [2.75, 3.05) is 19.0 Å². The van der Waals surface area contributed by atoms with E-state index in [0.29, 0.717) is 23.1 Å². The summed E-state index contributed by atoms with van der Waals surface area (Å²) in [6.07, 6.45) is -0.375. The van der Waals surface area contributed by atoms with Gasteiger partial charge in [0.25, 0.3) is 0 Å². The van der Waals surface area contributed by atoms with Gasteiger partial charge in [0.15, 0.2) is 23.5 Å². The molecule has 13 heteroatoms. The molecule has 37 heavy (non-hydrogen) atoms. The number of piperidine rings is 1. The minimum atomic E-state index is -1.53. The molecular weight excluding hydrogens is 514 g/mol. The number of methoxy groups -OCH3 is 1. The van der Waals surface area contributed by atoms with Crippen LogP contribution in [0, 0.1) is 11.6 Å². The third kappa shape index (κ3) is 5.48. The van der Waals surface area contributed by atoms with Gasteiger partial charge < -0.3 is 29.5 Å². The maximum Gasteiger partial charge on any atom is 0.507 e. The summed E-state index contributed by atoms with van der Waals surface area (Å²) in [5.41, 5.74) is 0.339. The van der Waals surface area contributed by atoms with Gasteiger partial charge in [-0.15, -0.1) is 0 Å². The maximum atomic E-state index is 14.5. The molecule has 0 aliphatic carbocycles. The number of carbonyl (C=O) groups is 2. The van der Waals surface area contributed by atoms with Crippen LogP contribution in [0.25, 0.3) is 10.9 Å². The Balaban J connectivity index is 1.65. The second-order valence-electron chi connectivity index (χ2n) is 7.93. The fraction of sp³-hybridized carbons (Fsp3) is 0.250. The van der Waals surface area contributed by atoms with E-state index >= 15 is 0 Å². The Hall–Kier alpha value is -4.19. The molecule has 2 aromatic carbocycles. The van der Waals surface area contributed by atoms with Crippen LogP contribution in [0.15, 0.2) is 43.2 Å². The lowest BCUT2D eigenvalue weighted by Crippen LogP contribution is -2.50. The number of hydrogen-bond donors (Lipinski definition) is 2. The van der Waals surface area contributed by atoms with Crippen LogP contribution in [-0.4, -0.2) is 58.0 Å². The molecule has 2 N–H and O–H groups in total. The van der Waals surface area contributed by atoms with Gasteiger partial charge in [-0.25, -0.2) is 23.5 Å². The van der Waals surface area contributed by atoms with Gasteiger partial charge in [0.2, 0.25) is 5.91 Å². The van der Waals surface area contributed by atoms with Gasteiger partial charge in [-0.1, -0.05) is 18.2 Å². The van der Waals surface area contributed by atoms with Crippen molar-refractivity contribution in [3.63, 3.8) is 0 Å². The van der Waals surface area contributed by atoms with E-state index in [9.17, 15) is 18.4 Å². The summed E-state index contributed by atoms with van der Waals surface area (Å²) in [6.45, 7) is 3.60. The molecule has 0 saturated carbocycles. The molecule has 4 rings (SSSR count). The quantitative estimate of drug-likeness (QED) is 0.248. The van der Waals surface area contributed by atoms with E-state index in [2.05, 4.69) is 21.9 Å². The topological polar surface area (TPSA) is 123 Å². The van der Waals surface area contributed by atoms with E-state index in [4.69, 9.17) is 30.9 Å². The van der Waals surface area contributed by atoms with Crippen LogP contribution < -0.4 is 14.8 Å². The third-order valence-electron chi connectivity index (χ3n) is 5.70. The van der Waals surface area contributed by atoms with E-state index in [1.165, 1.54) is 24.4 Å². The largest absolute Gasteiger partial charge is 0.507 e. The molecule has 1 fully saturated rings. The Kier molecular flexibility index (Phi) is 7.58. The molecular formula is C24H21ClF2N4O6. The molecule has 1 aliphatic rings. The van der Waals surface area contributed by atoms with E-state index in [1.54, 1.807) is 12.1 Å². The summed E-state index contributed by atoms with van der Waals surface area (Å²) in [5, 5.41) is 11.7. The summed E-state index contributed by atoms with van der Waals surface area (Å²) < 4.78 is 44.5. The summed E-state index contributed by atoms with van der Waals surface area (Å²) in [4.78, 5) is 32.9. The molecule has 1 saturated heterocycles. The van der Waals surface area contributed by atoms with Crippen molar-refractivity contribution in [2.24, 2.45) is 0 Å². The fourth-order valence-corrected chi connectivity index (χ4v) is 4.11. The van der Waals surface area contributed by atoms with Crippen LogP contribution in [0.2, 0.25) is 5.02 Å². The molecule has 0 spiro atoms.